The number of piperazine rings is 1. The number of nitrogens with zero attached hydrogens (tertiary/aromatic N) is 4. The van der Waals surface area contributed by atoms with Gasteiger partial charge in [0.05, 0.1) is 4.90 Å². The molecule has 1 N–H and O–H groups in total. The quantitative estimate of drug-likeness (QED) is 0.809. The van der Waals surface area contributed by atoms with Gasteiger partial charge in [0.1, 0.15) is 5.01 Å². The highest BCUT2D eigenvalue weighted by atomic mass is 35.5. The predicted molar refractivity (Wildman–Crippen MR) is 103 cm³/mol. The van der Waals surface area contributed by atoms with Crippen molar-refractivity contribution >= 4 is 44.1 Å². The van der Waals surface area contributed by atoms with E-state index in [1.165, 1.54) is 27.8 Å². The fourth-order valence-corrected chi connectivity index (χ4v) is 5.29. The Balaban J connectivity index is 1.34. The summed E-state index contributed by atoms with van der Waals surface area (Å²) in [5, 5.41) is 12.8. The van der Waals surface area contributed by atoms with Crippen molar-refractivity contribution in [2.45, 2.75) is 23.7 Å². The summed E-state index contributed by atoms with van der Waals surface area (Å²) in [7, 11) is -3.59. The van der Waals surface area contributed by atoms with Crippen molar-refractivity contribution in [3.8, 4) is 0 Å². The topological polar surface area (TPSA) is 95.5 Å². The van der Waals surface area contributed by atoms with E-state index in [9.17, 15) is 13.2 Å². The molecule has 0 unspecified atom stereocenters. The second-order valence-corrected chi connectivity index (χ2v) is 9.88. The maximum absolute atomic E-state index is 12.7. The van der Waals surface area contributed by atoms with Crippen LogP contribution in [0.25, 0.3) is 0 Å². The average molecular weight is 428 g/mol. The number of hydrogen-bond acceptors (Lipinski definition) is 6. The van der Waals surface area contributed by atoms with Gasteiger partial charge in [-0.3, -0.25) is 5.32 Å². The molecular formula is C16H18ClN5O3S2. The Bertz CT molecular complexity index is 935. The first kappa shape index (κ1) is 18.6. The molecular weight excluding hydrogens is 410 g/mol. The number of anilines is 1. The monoisotopic (exact) mass is 427 g/mol. The van der Waals surface area contributed by atoms with Crippen molar-refractivity contribution in [1.29, 1.82) is 0 Å². The average Bonchev–Trinajstić information content (AvgIpc) is 3.42. The molecule has 0 atom stereocenters. The normalized spacial score (nSPS) is 18.5. The number of urea groups is 1. The summed E-state index contributed by atoms with van der Waals surface area (Å²) in [5.41, 5.74) is 0. The van der Waals surface area contributed by atoms with Crippen LogP contribution in [0.2, 0.25) is 5.02 Å². The molecule has 2 aliphatic rings. The van der Waals surface area contributed by atoms with E-state index in [0.717, 1.165) is 17.8 Å². The van der Waals surface area contributed by atoms with Crippen molar-refractivity contribution in [1.82, 2.24) is 19.4 Å². The van der Waals surface area contributed by atoms with E-state index in [1.54, 1.807) is 17.0 Å². The molecule has 1 aliphatic carbocycles. The minimum absolute atomic E-state index is 0.200. The summed E-state index contributed by atoms with van der Waals surface area (Å²) >= 11 is 7.22. The number of hydrogen-bond donors (Lipinski definition) is 1. The highest BCUT2D eigenvalue weighted by Gasteiger charge is 2.31. The molecule has 4 rings (SSSR count). The highest BCUT2D eigenvalue weighted by Crippen LogP contribution is 2.42. The van der Waals surface area contributed by atoms with Crippen LogP contribution >= 0.6 is 22.9 Å². The highest BCUT2D eigenvalue weighted by molar-refractivity contribution is 7.89. The fourth-order valence-electron chi connectivity index (χ4n) is 2.84. The molecule has 2 heterocycles. The van der Waals surface area contributed by atoms with Crippen LogP contribution in [0.4, 0.5) is 9.93 Å². The molecule has 1 saturated carbocycles. The molecule has 1 aromatic carbocycles. The minimum Gasteiger partial charge on any atom is -0.322 e. The third kappa shape index (κ3) is 4.08. The standard InChI is InChI=1S/C16H18ClN5O3S2/c17-12-3-5-13(6-4-12)27(24,25)22-9-7-21(8-10-22)16(23)18-15-20-19-14(26-15)11-1-2-11/h3-6,11H,1-2,7-10H2,(H,18,20,23). The second kappa shape index (κ2) is 7.34. The van der Waals surface area contributed by atoms with Gasteiger partial charge in [-0.2, -0.15) is 4.31 Å². The Morgan fingerprint density at radius 1 is 1.11 bits per heavy atom. The summed E-state index contributed by atoms with van der Waals surface area (Å²) in [4.78, 5) is 14.2. The van der Waals surface area contributed by atoms with Crippen LogP contribution in [0.1, 0.15) is 23.8 Å². The van der Waals surface area contributed by atoms with E-state index in [0.29, 0.717) is 29.2 Å². The number of nitrogens with one attached hydrogen (secondary N) is 1. The van der Waals surface area contributed by atoms with Gasteiger partial charge in [0.2, 0.25) is 15.2 Å². The molecule has 8 nitrogen and oxygen atoms in total. The van der Waals surface area contributed by atoms with Crippen molar-refractivity contribution in [2.75, 3.05) is 31.5 Å². The molecule has 2 aromatic rings. The van der Waals surface area contributed by atoms with Gasteiger partial charge >= 0.3 is 6.03 Å². The molecule has 0 bridgehead atoms. The molecule has 2 fully saturated rings. The lowest BCUT2D eigenvalue weighted by atomic mass is 10.4. The van der Waals surface area contributed by atoms with E-state index in [2.05, 4.69) is 15.5 Å². The Morgan fingerprint density at radius 3 is 2.41 bits per heavy atom. The predicted octanol–water partition coefficient (Wildman–Crippen LogP) is 2.61. The van der Waals surface area contributed by atoms with E-state index in [-0.39, 0.29) is 24.0 Å². The molecule has 1 aliphatic heterocycles. The molecule has 1 aromatic heterocycles. The first-order valence-electron chi connectivity index (χ1n) is 8.58. The Labute approximate surface area is 166 Å². The van der Waals surface area contributed by atoms with Crippen LogP contribution in [0.15, 0.2) is 29.2 Å². The first-order chi connectivity index (χ1) is 12.9. The van der Waals surface area contributed by atoms with Gasteiger partial charge in [-0.05, 0) is 37.1 Å². The Hall–Kier alpha value is -1.75. The Kier molecular flexibility index (Phi) is 5.06. The molecule has 27 heavy (non-hydrogen) atoms. The lowest BCUT2D eigenvalue weighted by molar-refractivity contribution is 0.184. The number of amides is 2. The summed E-state index contributed by atoms with van der Waals surface area (Å²) < 4.78 is 26.8. The van der Waals surface area contributed by atoms with E-state index < -0.39 is 10.0 Å². The first-order valence-corrected chi connectivity index (χ1v) is 11.2. The molecule has 1 saturated heterocycles. The van der Waals surface area contributed by atoms with Gasteiger partial charge in [-0.25, -0.2) is 13.2 Å². The van der Waals surface area contributed by atoms with Gasteiger partial charge in [-0.15, -0.1) is 10.2 Å². The van der Waals surface area contributed by atoms with Crippen LogP contribution < -0.4 is 5.32 Å². The summed E-state index contributed by atoms with van der Waals surface area (Å²) in [6.07, 6.45) is 2.26. The number of aromatic nitrogens is 2. The van der Waals surface area contributed by atoms with Crippen molar-refractivity contribution in [3.63, 3.8) is 0 Å². The number of halogens is 1. The van der Waals surface area contributed by atoms with Crippen LogP contribution in [-0.2, 0) is 10.0 Å². The number of benzene rings is 1. The number of carbonyl (C=O) groups excluding carboxylic acids is 1. The summed E-state index contributed by atoms with van der Waals surface area (Å²) in [6, 6.07) is 5.80. The van der Waals surface area contributed by atoms with E-state index in [1.807, 2.05) is 0 Å². The maximum Gasteiger partial charge on any atom is 0.323 e. The van der Waals surface area contributed by atoms with Crippen molar-refractivity contribution < 1.29 is 13.2 Å². The van der Waals surface area contributed by atoms with Crippen LogP contribution in [0.3, 0.4) is 0 Å². The number of sulfonamides is 1. The number of carbonyl (C=O) groups is 1. The minimum atomic E-state index is -3.59. The summed E-state index contributed by atoms with van der Waals surface area (Å²) in [6.45, 7) is 1.10. The Morgan fingerprint density at radius 2 is 1.78 bits per heavy atom. The third-order valence-electron chi connectivity index (χ3n) is 4.56. The zero-order valence-corrected chi connectivity index (χ0v) is 16.7. The smallest absolute Gasteiger partial charge is 0.322 e. The molecule has 144 valence electrons. The molecule has 2 amide bonds. The molecule has 0 spiro atoms. The maximum atomic E-state index is 12.7. The van der Waals surface area contributed by atoms with Crippen LogP contribution in [0, 0.1) is 0 Å². The molecule has 0 radical (unpaired) electrons. The van der Waals surface area contributed by atoms with Gasteiger partial charge in [0, 0.05) is 37.1 Å². The third-order valence-corrected chi connectivity index (χ3v) is 7.72. The SMILES string of the molecule is O=C(Nc1nnc(C2CC2)s1)N1CCN(S(=O)(=O)c2ccc(Cl)cc2)CC1. The van der Waals surface area contributed by atoms with Gasteiger partial charge in [0.15, 0.2) is 0 Å². The van der Waals surface area contributed by atoms with E-state index in [4.69, 9.17) is 11.6 Å². The van der Waals surface area contributed by atoms with Crippen LogP contribution in [-0.4, -0.2) is 60.0 Å². The lowest BCUT2D eigenvalue weighted by Gasteiger charge is -2.33. The lowest BCUT2D eigenvalue weighted by Crippen LogP contribution is -2.51. The van der Waals surface area contributed by atoms with E-state index >= 15 is 0 Å². The largest absolute Gasteiger partial charge is 0.323 e. The zero-order valence-electron chi connectivity index (χ0n) is 14.3. The summed E-state index contributed by atoms with van der Waals surface area (Å²) in [5.74, 6) is 0.495. The molecule has 11 heteroatoms. The van der Waals surface area contributed by atoms with Crippen molar-refractivity contribution in [2.24, 2.45) is 0 Å². The van der Waals surface area contributed by atoms with Gasteiger partial charge in [-0.1, -0.05) is 22.9 Å². The van der Waals surface area contributed by atoms with Crippen LogP contribution in [0.5, 0.6) is 0 Å². The van der Waals surface area contributed by atoms with Gasteiger partial charge in [0.25, 0.3) is 0 Å². The van der Waals surface area contributed by atoms with Crippen molar-refractivity contribution in [3.05, 3.63) is 34.3 Å². The van der Waals surface area contributed by atoms with Gasteiger partial charge < -0.3 is 4.90 Å². The number of rotatable bonds is 4. The zero-order chi connectivity index (χ0) is 19.0. The fraction of sp³-hybridized carbons (Fsp3) is 0.438. The second-order valence-electron chi connectivity index (χ2n) is 6.49.